The summed E-state index contributed by atoms with van der Waals surface area (Å²) in [5, 5.41) is 9.84. The average Bonchev–Trinajstić information content (AvgIpc) is 3.00. The fraction of sp³-hybridized carbons (Fsp3) is 0.571. The number of benzene rings is 1. The van der Waals surface area contributed by atoms with Crippen LogP contribution in [0.15, 0.2) is 24.3 Å². The molecule has 1 fully saturated rings. The van der Waals surface area contributed by atoms with Crippen molar-refractivity contribution in [1.82, 2.24) is 0 Å². The van der Waals surface area contributed by atoms with Gasteiger partial charge in [0, 0.05) is 25.2 Å². The van der Waals surface area contributed by atoms with Gasteiger partial charge >= 0.3 is 0 Å². The minimum Gasteiger partial charge on any atom is -0.390 e. The van der Waals surface area contributed by atoms with Gasteiger partial charge in [0.2, 0.25) is 0 Å². The molecule has 1 aromatic carbocycles. The van der Waals surface area contributed by atoms with Gasteiger partial charge in [-0.15, -0.1) is 0 Å². The molecule has 0 saturated heterocycles. The van der Waals surface area contributed by atoms with Crippen molar-refractivity contribution in [2.75, 3.05) is 18.0 Å². The predicted molar refractivity (Wildman–Crippen MR) is 67.9 cm³/mol. The first-order chi connectivity index (χ1) is 7.67. The topological polar surface area (TPSA) is 23.5 Å². The second-order valence-electron chi connectivity index (χ2n) is 4.74. The molecule has 0 aliphatic heterocycles. The van der Waals surface area contributed by atoms with Gasteiger partial charge in [-0.25, -0.2) is 0 Å². The first kappa shape index (κ1) is 11.5. The van der Waals surface area contributed by atoms with E-state index in [9.17, 15) is 5.11 Å². The number of aliphatic hydroxyl groups is 1. The third kappa shape index (κ3) is 2.56. The van der Waals surface area contributed by atoms with Crippen molar-refractivity contribution in [1.29, 1.82) is 0 Å². The fourth-order valence-corrected chi connectivity index (χ4v) is 2.11. The largest absolute Gasteiger partial charge is 0.390 e. The maximum Gasteiger partial charge on any atom is 0.0690 e. The summed E-state index contributed by atoms with van der Waals surface area (Å²) in [5.41, 5.74) is 2.14. The quantitative estimate of drug-likeness (QED) is 0.823. The van der Waals surface area contributed by atoms with E-state index in [1.807, 2.05) is 0 Å². The summed E-state index contributed by atoms with van der Waals surface area (Å²) in [6.07, 6.45) is 2.74. The van der Waals surface area contributed by atoms with Crippen molar-refractivity contribution in [2.45, 2.75) is 38.7 Å². The maximum absolute atomic E-state index is 9.84. The minimum atomic E-state index is -0.378. The highest BCUT2D eigenvalue weighted by Crippen LogP contribution is 2.38. The first-order valence-corrected chi connectivity index (χ1v) is 6.23. The molecule has 2 heteroatoms. The van der Waals surface area contributed by atoms with Gasteiger partial charge in [-0.2, -0.15) is 0 Å². The molecule has 0 bridgehead atoms. The highest BCUT2D eigenvalue weighted by molar-refractivity contribution is 5.47. The molecule has 0 unspecified atom stereocenters. The lowest BCUT2D eigenvalue weighted by Crippen LogP contribution is -2.21. The van der Waals surface area contributed by atoms with Crippen molar-refractivity contribution in [3.05, 3.63) is 29.8 Å². The standard InChI is InChI=1S/C14H21NO/c1-3-15(4-2)13-7-5-12(6-8-13)11-14(16)9-10-14/h5-8,16H,3-4,9-11H2,1-2H3. The number of rotatable bonds is 5. The Balaban J connectivity index is 2.03. The van der Waals surface area contributed by atoms with Crippen LogP contribution in [0.25, 0.3) is 0 Å². The Hall–Kier alpha value is -1.02. The molecular weight excluding hydrogens is 198 g/mol. The lowest BCUT2D eigenvalue weighted by atomic mass is 10.1. The molecule has 0 aromatic heterocycles. The van der Waals surface area contributed by atoms with Crippen LogP contribution in [0.3, 0.4) is 0 Å². The smallest absolute Gasteiger partial charge is 0.0690 e. The highest BCUT2D eigenvalue weighted by Gasteiger charge is 2.39. The first-order valence-electron chi connectivity index (χ1n) is 6.23. The van der Waals surface area contributed by atoms with Gasteiger partial charge in [-0.3, -0.25) is 0 Å². The van der Waals surface area contributed by atoms with E-state index in [-0.39, 0.29) is 5.60 Å². The third-order valence-electron chi connectivity index (χ3n) is 3.43. The van der Waals surface area contributed by atoms with E-state index in [2.05, 4.69) is 43.0 Å². The van der Waals surface area contributed by atoms with Crippen LogP contribution in [-0.2, 0) is 6.42 Å². The van der Waals surface area contributed by atoms with Crippen LogP contribution < -0.4 is 4.90 Å². The van der Waals surface area contributed by atoms with Crippen LogP contribution >= 0.6 is 0 Å². The molecule has 0 radical (unpaired) electrons. The van der Waals surface area contributed by atoms with Crippen LogP contribution in [0, 0.1) is 0 Å². The third-order valence-corrected chi connectivity index (χ3v) is 3.43. The van der Waals surface area contributed by atoms with Gasteiger partial charge in [0.25, 0.3) is 0 Å². The van der Waals surface area contributed by atoms with Crippen LogP contribution in [0.1, 0.15) is 32.3 Å². The summed E-state index contributed by atoms with van der Waals surface area (Å²) >= 11 is 0. The average molecular weight is 219 g/mol. The summed E-state index contributed by atoms with van der Waals surface area (Å²) in [7, 11) is 0. The van der Waals surface area contributed by atoms with E-state index < -0.39 is 0 Å². The van der Waals surface area contributed by atoms with E-state index in [0.717, 1.165) is 32.4 Å². The van der Waals surface area contributed by atoms with Gasteiger partial charge in [0.05, 0.1) is 5.60 Å². The summed E-state index contributed by atoms with van der Waals surface area (Å²) < 4.78 is 0. The zero-order valence-electron chi connectivity index (χ0n) is 10.2. The molecule has 1 saturated carbocycles. The number of hydrogen-bond acceptors (Lipinski definition) is 2. The lowest BCUT2D eigenvalue weighted by Gasteiger charge is -2.21. The highest BCUT2D eigenvalue weighted by atomic mass is 16.3. The zero-order valence-corrected chi connectivity index (χ0v) is 10.2. The molecule has 2 rings (SSSR count). The molecule has 88 valence electrons. The molecule has 1 aromatic rings. The minimum absolute atomic E-state index is 0.378. The molecule has 1 aliphatic carbocycles. The Morgan fingerprint density at radius 1 is 1.12 bits per heavy atom. The molecule has 2 nitrogen and oxygen atoms in total. The van der Waals surface area contributed by atoms with Crippen molar-refractivity contribution in [2.24, 2.45) is 0 Å². The zero-order chi connectivity index (χ0) is 11.6. The van der Waals surface area contributed by atoms with E-state index >= 15 is 0 Å². The molecule has 1 aliphatic rings. The maximum atomic E-state index is 9.84. The van der Waals surface area contributed by atoms with E-state index in [0.29, 0.717) is 0 Å². The Kier molecular flexibility index (Phi) is 3.20. The molecule has 0 amide bonds. The summed E-state index contributed by atoms with van der Waals surface area (Å²) in [6.45, 7) is 6.42. The van der Waals surface area contributed by atoms with E-state index in [1.54, 1.807) is 0 Å². The van der Waals surface area contributed by atoms with E-state index in [1.165, 1.54) is 11.3 Å². The van der Waals surface area contributed by atoms with Crippen molar-refractivity contribution < 1.29 is 5.11 Å². The Bertz CT molecular complexity index is 336. The summed E-state index contributed by atoms with van der Waals surface area (Å²) in [6, 6.07) is 8.61. The van der Waals surface area contributed by atoms with Crippen LogP contribution in [0.4, 0.5) is 5.69 Å². The Morgan fingerprint density at radius 3 is 2.12 bits per heavy atom. The van der Waals surface area contributed by atoms with Gasteiger partial charge in [-0.05, 0) is 44.4 Å². The second kappa shape index (κ2) is 4.46. The molecule has 0 heterocycles. The van der Waals surface area contributed by atoms with Crippen LogP contribution in [-0.4, -0.2) is 23.8 Å². The molecule has 0 spiro atoms. The van der Waals surface area contributed by atoms with Gasteiger partial charge in [0.15, 0.2) is 0 Å². The van der Waals surface area contributed by atoms with Gasteiger partial charge < -0.3 is 10.0 Å². The van der Waals surface area contributed by atoms with Gasteiger partial charge in [-0.1, -0.05) is 12.1 Å². The SMILES string of the molecule is CCN(CC)c1ccc(CC2(O)CC2)cc1. The van der Waals surface area contributed by atoms with Gasteiger partial charge in [0.1, 0.15) is 0 Å². The van der Waals surface area contributed by atoms with Crippen molar-refractivity contribution in [3.8, 4) is 0 Å². The van der Waals surface area contributed by atoms with Crippen molar-refractivity contribution in [3.63, 3.8) is 0 Å². The van der Waals surface area contributed by atoms with Crippen LogP contribution in [0.2, 0.25) is 0 Å². The fourth-order valence-electron chi connectivity index (χ4n) is 2.11. The normalized spacial score (nSPS) is 17.2. The monoisotopic (exact) mass is 219 g/mol. The molecule has 1 N–H and O–H groups in total. The predicted octanol–water partition coefficient (Wildman–Crippen LogP) is 2.60. The summed E-state index contributed by atoms with van der Waals surface area (Å²) in [4.78, 5) is 2.33. The number of anilines is 1. The number of hydrogen-bond donors (Lipinski definition) is 1. The Morgan fingerprint density at radius 2 is 1.69 bits per heavy atom. The molecular formula is C14H21NO. The van der Waals surface area contributed by atoms with Crippen molar-refractivity contribution >= 4 is 5.69 Å². The van der Waals surface area contributed by atoms with E-state index in [4.69, 9.17) is 0 Å². The molecule has 0 atom stereocenters. The summed E-state index contributed by atoms with van der Waals surface area (Å²) in [5.74, 6) is 0. The Labute approximate surface area is 97.9 Å². The number of nitrogens with zero attached hydrogens (tertiary/aromatic N) is 1. The van der Waals surface area contributed by atoms with Crippen LogP contribution in [0.5, 0.6) is 0 Å². The lowest BCUT2D eigenvalue weighted by molar-refractivity contribution is 0.151. The second-order valence-corrected chi connectivity index (χ2v) is 4.74. The molecule has 16 heavy (non-hydrogen) atoms.